The number of ether oxygens (including phenoxy) is 1. The molecule has 1 fully saturated rings. The fraction of sp³-hybridized carbons (Fsp3) is 0.156. The molecule has 0 N–H and O–H groups in total. The number of ketones is 3. The predicted molar refractivity (Wildman–Crippen MR) is 138 cm³/mol. The van der Waals surface area contributed by atoms with Crippen LogP contribution in [0.5, 0.6) is 0 Å². The van der Waals surface area contributed by atoms with Gasteiger partial charge in [-0.2, -0.15) is 0 Å². The SMILES string of the molecule is CC1(c2ccccc2)OC(C(=O)c2ccccc2)C(C(=O)c2ccccc2)C1C(=O)c1ccccc1. The van der Waals surface area contributed by atoms with Crippen molar-refractivity contribution in [3.8, 4) is 0 Å². The molecule has 0 aliphatic carbocycles. The quantitative estimate of drug-likeness (QED) is 0.300. The summed E-state index contributed by atoms with van der Waals surface area (Å²) in [5.41, 5.74) is 0.912. The van der Waals surface area contributed by atoms with Crippen LogP contribution in [0.3, 0.4) is 0 Å². The smallest absolute Gasteiger partial charge is 0.192 e. The molecule has 0 amide bonds. The number of rotatable bonds is 7. The van der Waals surface area contributed by atoms with E-state index in [2.05, 4.69) is 0 Å². The first-order chi connectivity index (χ1) is 17.5. The van der Waals surface area contributed by atoms with Gasteiger partial charge in [0.2, 0.25) is 0 Å². The highest BCUT2D eigenvalue weighted by Gasteiger charge is 2.60. The lowest BCUT2D eigenvalue weighted by Gasteiger charge is -2.31. The number of carbonyl (C=O) groups is 3. The molecule has 1 saturated heterocycles. The lowest BCUT2D eigenvalue weighted by molar-refractivity contribution is -0.0365. The topological polar surface area (TPSA) is 60.4 Å². The molecule has 4 aromatic rings. The van der Waals surface area contributed by atoms with Gasteiger partial charge < -0.3 is 4.74 Å². The van der Waals surface area contributed by atoms with Crippen LogP contribution in [0.2, 0.25) is 0 Å². The summed E-state index contributed by atoms with van der Waals surface area (Å²) in [5, 5.41) is 0. The second-order valence-electron chi connectivity index (χ2n) is 9.21. The molecule has 1 aliphatic rings. The summed E-state index contributed by atoms with van der Waals surface area (Å²) < 4.78 is 6.57. The second-order valence-corrected chi connectivity index (χ2v) is 9.21. The molecule has 0 bridgehead atoms. The maximum atomic E-state index is 14.1. The first kappa shape index (κ1) is 23.6. The minimum absolute atomic E-state index is 0.223. The molecule has 1 aliphatic heterocycles. The van der Waals surface area contributed by atoms with Gasteiger partial charge in [0.1, 0.15) is 11.7 Å². The van der Waals surface area contributed by atoms with E-state index in [9.17, 15) is 14.4 Å². The molecule has 1 heterocycles. The van der Waals surface area contributed by atoms with Crippen LogP contribution in [0.25, 0.3) is 0 Å². The van der Waals surface area contributed by atoms with Crippen LogP contribution in [0.1, 0.15) is 43.6 Å². The average molecular weight is 475 g/mol. The lowest BCUT2D eigenvalue weighted by Crippen LogP contribution is -2.40. The van der Waals surface area contributed by atoms with Crippen molar-refractivity contribution in [1.29, 1.82) is 0 Å². The van der Waals surface area contributed by atoms with Gasteiger partial charge in [0, 0.05) is 16.7 Å². The van der Waals surface area contributed by atoms with E-state index in [-0.39, 0.29) is 17.3 Å². The van der Waals surface area contributed by atoms with Crippen molar-refractivity contribution in [3.05, 3.63) is 144 Å². The third kappa shape index (κ3) is 4.21. The van der Waals surface area contributed by atoms with Crippen molar-refractivity contribution in [2.45, 2.75) is 18.6 Å². The third-order valence-corrected chi connectivity index (χ3v) is 7.02. The van der Waals surface area contributed by atoms with E-state index in [1.165, 1.54) is 0 Å². The first-order valence-corrected chi connectivity index (χ1v) is 12.0. The standard InChI is InChI=1S/C32H26O4/c1-32(25-20-12-5-13-21-25)27(29(34)23-16-8-3-9-17-23)26(28(33)22-14-6-2-7-15-22)31(36-32)30(35)24-18-10-4-11-19-24/h2-21,26-27,31H,1H3. The maximum absolute atomic E-state index is 14.1. The Morgan fingerprint density at radius 2 is 0.944 bits per heavy atom. The largest absolute Gasteiger partial charge is 0.358 e. The van der Waals surface area contributed by atoms with Gasteiger partial charge >= 0.3 is 0 Å². The molecule has 4 heteroatoms. The van der Waals surface area contributed by atoms with Crippen LogP contribution in [0.4, 0.5) is 0 Å². The summed E-state index contributed by atoms with van der Waals surface area (Å²) in [7, 11) is 0. The van der Waals surface area contributed by atoms with Gasteiger partial charge in [-0.3, -0.25) is 14.4 Å². The second kappa shape index (κ2) is 9.84. The molecule has 0 saturated carbocycles. The normalized spacial score (nSPS) is 23.2. The molecule has 178 valence electrons. The van der Waals surface area contributed by atoms with Crippen LogP contribution < -0.4 is 0 Å². The minimum Gasteiger partial charge on any atom is -0.358 e. The van der Waals surface area contributed by atoms with Gasteiger partial charge in [0.05, 0.1) is 11.8 Å². The van der Waals surface area contributed by atoms with Gasteiger partial charge in [-0.1, -0.05) is 121 Å². The van der Waals surface area contributed by atoms with Crippen LogP contribution in [-0.4, -0.2) is 23.5 Å². The van der Waals surface area contributed by atoms with E-state index in [4.69, 9.17) is 4.74 Å². The van der Waals surface area contributed by atoms with E-state index in [1.54, 1.807) is 72.8 Å². The fourth-order valence-corrected chi connectivity index (χ4v) is 5.21. The predicted octanol–water partition coefficient (Wildman–Crippen LogP) is 6.18. The molecule has 4 nitrogen and oxygen atoms in total. The Labute approximate surface area is 210 Å². The Balaban J connectivity index is 1.70. The Morgan fingerprint density at radius 3 is 1.42 bits per heavy atom. The maximum Gasteiger partial charge on any atom is 0.192 e. The summed E-state index contributed by atoms with van der Waals surface area (Å²) in [4.78, 5) is 42.0. The zero-order valence-electron chi connectivity index (χ0n) is 19.9. The highest BCUT2D eigenvalue weighted by molar-refractivity contribution is 6.11. The molecule has 4 atom stereocenters. The molecular formula is C32H26O4. The summed E-state index contributed by atoms with van der Waals surface area (Å²) >= 11 is 0. The molecule has 0 radical (unpaired) electrons. The van der Waals surface area contributed by atoms with Crippen LogP contribution in [0, 0.1) is 11.8 Å². The zero-order chi connectivity index (χ0) is 25.1. The van der Waals surface area contributed by atoms with Gasteiger partial charge in [-0.15, -0.1) is 0 Å². The van der Waals surface area contributed by atoms with E-state index >= 15 is 0 Å². The Morgan fingerprint density at radius 1 is 0.556 bits per heavy atom. The van der Waals surface area contributed by atoms with Gasteiger partial charge in [0.25, 0.3) is 0 Å². The number of benzene rings is 4. The van der Waals surface area contributed by atoms with Gasteiger partial charge in [-0.05, 0) is 12.5 Å². The minimum atomic E-state index is -1.20. The van der Waals surface area contributed by atoms with Crippen LogP contribution in [0.15, 0.2) is 121 Å². The van der Waals surface area contributed by atoms with Crippen molar-refractivity contribution >= 4 is 17.3 Å². The van der Waals surface area contributed by atoms with E-state index in [0.29, 0.717) is 16.7 Å². The van der Waals surface area contributed by atoms with Crippen molar-refractivity contribution < 1.29 is 19.1 Å². The van der Waals surface area contributed by atoms with E-state index in [1.807, 2.05) is 55.5 Å². The molecule has 0 aromatic heterocycles. The highest BCUT2D eigenvalue weighted by Crippen LogP contribution is 2.50. The summed E-state index contributed by atoms with van der Waals surface area (Å²) in [6.45, 7) is 1.82. The summed E-state index contributed by atoms with van der Waals surface area (Å²) in [5.74, 6) is -2.72. The van der Waals surface area contributed by atoms with Crippen LogP contribution >= 0.6 is 0 Å². The van der Waals surface area contributed by atoms with E-state index < -0.39 is 23.5 Å². The van der Waals surface area contributed by atoms with Crippen molar-refractivity contribution in [3.63, 3.8) is 0 Å². The molecule has 0 spiro atoms. The monoisotopic (exact) mass is 474 g/mol. The highest BCUT2D eigenvalue weighted by atomic mass is 16.5. The van der Waals surface area contributed by atoms with Gasteiger partial charge in [-0.25, -0.2) is 0 Å². The number of hydrogen-bond acceptors (Lipinski definition) is 4. The van der Waals surface area contributed by atoms with Crippen molar-refractivity contribution in [2.75, 3.05) is 0 Å². The molecule has 5 rings (SSSR count). The number of hydrogen-bond donors (Lipinski definition) is 0. The fourth-order valence-electron chi connectivity index (χ4n) is 5.21. The van der Waals surface area contributed by atoms with Gasteiger partial charge in [0.15, 0.2) is 17.3 Å². The first-order valence-electron chi connectivity index (χ1n) is 12.0. The third-order valence-electron chi connectivity index (χ3n) is 7.02. The van der Waals surface area contributed by atoms with E-state index in [0.717, 1.165) is 5.56 Å². The molecule has 36 heavy (non-hydrogen) atoms. The Kier molecular flexibility index (Phi) is 6.45. The van der Waals surface area contributed by atoms with Crippen molar-refractivity contribution in [1.82, 2.24) is 0 Å². The number of Topliss-reactive ketones (excluding diaryl/α,β-unsaturated/α-hetero) is 3. The molecular weight excluding hydrogens is 448 g/mol. The Hall–Kier alpha value is -4.15. The molecule has 4 unspecified atom stereocenters. The zero-order valence-corrected chi connectivity index (χ0v) is 19.9. The molecule has 4 aromatic carbocycles. The number of carbonyl (C=O) groups excluding carboxylic acids is 3. The van der Waals surface area contributed by atoms with Crippen molar-refractivity contribution in [2.24, 2.45) is 11.8 Å². The lowest BCUT2D eigenvalue weighted by atomic mass is 9.70. The Bertz CT molecular complexity index is 1370. The summed E-state index contributed by atoms with van der Waals surface area (Å²) in [6.07, 6.45) is -1.12. The van der Waals surface area contributed by atoms with Crippen LogP contribution in [-0.2, 0) is 10.3 Å². The summed E-state index contributed by atoms with van der Waals surface area (Å²) in [6, 6.07) is 35.9. The average Bonchev–Trinajstić information content (AvgIpc) is 3.27.